The zero-order chi connectivity index (χ0) is 14.1. The zero-order valence-electron chi connectivity index (χ0n) is 12.7. The summed E-state index contributed by atoms with van der Waals surface area (Å²) in [5.41, 5.74) is 0. The molecule has 3 rings (SSSR count). The summed E-state index contributed by atoms with van der Waals surface area (Å²) in [5.74, 6) is 3.65. The van der Waals surface area contributed by atoms with Gasteiger partial charge in [-0.15, -0.1) is 23.2 Å². The molecule has 3 aliphatic carbocycles. The third-order valence-corrected chi connectivity index (χ3v) is 7.60. The molecule has 0 aliphatic heterocycles. The van der Waals surface area contributed by atoms with Gasteiger partial charge in [0.15, 0.2) is 0 Å². The largest absolute Gasteiger partial charge is 0.317 e. The first-order valence-corrected chi connectivity index (χ1v) is 9.53. The van der Waals surface area contributed by atoms with Crippen LogP contribution in [-0.4, -0.2) is 23.8 Å². The molecule has 1 nitrogen and oxygen atoms in total. The highest BCUT2D eigenvalue weighted by Crippen LogP contribution is 2.50. The fourth-order valence-electron chi connectivity index (χ4n) is 5.46. The summed E-state index contributed by atoms with van der Waals surface area (Å²) in [7, 11) is 2.16. The van der Waals surface area contributed by atoms with Gasteiger partial charge in [0.1, 0.15) is 0 Å². The third kappa shape index (κ3) is 3.01. The van der Waals surface area contributed by atoms with E-state index in [4.69, 9.17) is 23.2 Å². The van der Waals surface area contributed by atoms with E-state index in [0.29, 0.717) is 0 Å². The molecule has 7 atom stereocenters. The van der Waals surface area contributed by atoms with Crippen LogP contribution >= 0.6 is 23.2 Å². The number of alkyl halides is 2. The van der Waals surface area contributed by atoms with Gasteiger partial charge >= 0.3 is 0 Å². The van der Waals surface area contributed by atoms with E-state index in [0.717, 1.165) is 42.6 Å². The molecule has 0 aromatic rings. The Hall–Kier alpha value is 0.540. The second-order valence-corrected chi connectivity index (χ2v) is 8.47. The summed E-state index contributed by atoms with van der Waals surface area (Å²) in [6.45, 7) is 0. The molecule has 6 unspecified atom stereocenters. The lowest BCUT2D eigenvalue weighted by Gasteiger charge is -2.50. The van der Waals surface area contributed by atoms with E-state index < -0.39 is 0 Å². The Balaban J connectivity index is 1.70. The molecule has 0 aromatic heterocycles. The van der Waals surface area contributed by atoms with E-state index in [1.807, 2.05) is 0 Å². The molecular formula is C17H29Cl2N. The molecule has 0 amide bonds. The highest BCUT2D eigenvalue weighted by atomic mass is 35.5. The lowest BCUT2D eigenvalue weighted by atomic mass is 9.58. The van der Waals surface area contributed by atoms with Crippen molar-refractivity contribution < 1.29 is 0 Å². The Labute approximate surface area is 134 Å². The molecule has 20 heavy (non-hydrogen) atoms. The van der Waals surface area contributed by atoms with Crippen molar-refractivity contribution in [1.29, 1.82) is 0 Å². The average molecular weight is 318 g/mol. The summed E-state index contributed by atoms with van der Waals surface area (Å²) in [4.78, 5) is 0. The van der Waals surface area contributed by atoms with Gasteiger partial charge in [-0.25, -0.2) is 0 Å². The van der Waals surface area contributed by atoms with Crippen LogP contribution in [0.4, 0.5) is 0 Å². The van der Waals surface area contributed by atoms with Crippen LogP contribution in [0.15, 0.2) is 0 Å². The topological polar surface area (TPSA) is 12.0 Å². The molecule has 3 heteroatoms. The van der Waals surface area contributed by atoms with Crippen LogP contribution in [-0.2, 0) is 0 Å². The summed E-state index contributed by atoms with van der Waals surface area (Å²) < 4.78 is 0. The van der Waals surface area contributed by atoms with Gasteiger partial charge in [0, 0.05) is 11.4 Å². The van der Waals surface area contributed by atoms with Crippen LogP contribution in [0.1, 0.15) is 57.8 Å². The van der Waals surface area contributed by atoms with Crippen molar-refractivity contribution >= 4 is 23.2 Å². The predicted octanol–water partition coefficient (Wildman–Crippen LogP) is 4.81. The van der Waals surface area contributed by atoms with Crippen molar-refractivity contribution in [3.05, 3.63) is 0 Å². The Morgan fingerprint density at radius 3 is 2.20 bits per heavy atom. The quantitative estimate of drug-likeness (QED) is 0.721. The predicted molar refractivity (Wildman–Crippen MR) is 87.6 cm³/mol. The standard InChI is InChI=1S/C17H29Cl2N/c1-20-17-9-7-12(13-4-2-3-5-14(13)17)11-6-8-15(18)16(19)10-11/h11-17,20H,2-10H2,1H3/t11?,12-,13?,14?,15?,16?,17?/m0/s1. The number of nitrogens with one attached hydrogen (secondary N) is 1. The van der Waals surface area contributed by atoms with Crippen molar-refractivity contribution in [2.45, 2.75) is 74.6 Å². The van der Waals surface area contributed by atoms with E-state index in [-0.39, 0.29) is 10.8 Å². The molecule has 0 saturated heterocycles. The van der Waals surface area contributed by atoms with Crippen LogP contribution in [0.5, 0.6) is 0 Å². The Morgan fingerprint density at radius 1 is 0.750 bits per heavy atom. The van der Waals surface area contributed by atoms with Gasteiger partial charge < -0.3 is 5.32 Å². The molecule has 0 heterocycles. The average Bonchev–Trinajstić information content (AvgIpc) is 2.49. The van der Waals surface area contributed by atoms with Crippen LogP contribution in [0.25, 0.3) is 0 Å². The van der Waals surface area contributed by atoms with Crippen molar-refractivity contribution in [2.75, 3.05) is 7.05 Å². The van der Waals surface area contributed by atoms with E-state index in [2.05, 4.69) is 12.4 Å². The smallest absolute Gasteiger partial charge is 0.0502 e. The van der Waals surface area contributed by atoms with Crippen LogP contribution in [0.3, 0.4) is 0 Å². The minimum atomic E-state index is 0.208. The second kappa shape index (κ2) is 6.75. The molecule has 0 radical (unpaired) electrons. The molecular weight excluding hydrogens is 289 g/mol. The van der Waals surface area contributed by atoms with Crippen LogP contribution in [0, 0.1) is 23.7 Å². The fraction of sp³-hybridized carbons (Fsp3) is 1.00. The van der Waals surface area contributed by atoms with Crippen LogP contribution in [0.2, 0.25) is 0 Å². The van der Waals surface area contributed by atoms with Crippen LogP contribution < -0.4 is 5.32 Å². The molecule has 1 N–H and O–H groups in total. The number of halogens is 2. The van der Waals surface area contributed by atoms with Crippen molar-refractivity contribution in [1.82, 2.24) is 5.32 Å². The highest BCUT2D eigenvalue weighted by molar-refractivity contribution is 6.30. The Kier molecular flexibility index (Phi) is 5.21. The van der Waals surface area contributed by atoms with Gasteiger partial charge in [-0.05, 0) is 75.7 Å². The minimum Gasteiger partial charge on any atom is -0.317 e. The first kappa shape index (κ1) is 15.4. The fourth-order valence-corrected chi connectivity index (χ4v) is 6.04. The number of rotatable bonds is 2. The van der Waals surface area contributed by atoms with E-state index >= 15 is 0 Å². The molecule has 3 aliphatic rings. The maximum atomic E-state index is 6.47. The van der Waals surface area contributed by atoms with Crippen molar-refractivity contribution in [3.8, 4) is 0 Å². The molecule has 3 fully saturated rings. The first-order chi connectivity index (χ1) is 9.70. The lowest BCUT2D eigenvalue weighted by Crippen LogP contribution is -2.48. The van der Waals surface area contributed by atoms with E-state index in [1.54, 1.807) is 0 Å². The van der Waals surface area contributed by atoms with E-state index in [1.165, 1.54) is 44.9 Å². The SMILES string of the molecule is CNC1CC[C@@H](C2CCC(Cl)C(Cl)C2)C2CCCCC12. The normalized spacial score (nSPS) is 49.6. The molecule has 0 aromatic carbocycles. The van der Waals surface area contributed by atoms with Gasteiger partial charge in [0.05, 0.1) is 5.38 Å². The van der Waals surface area contributed by atoms with Crippen molar-refractivity contribution in [3.63, 3.8) is 0 Å². The van der Waals surface area contributed by atoms with E-state index in [9.17, 15) is 0 Å². The zero-order valence-corrected chi connectivity index (χ0v) is 14.2. The Bertz CT molecular complexity index is 322. The summed E-state index contributed by atoms with van der Waals surface area (Å²) >= 11 is 12.8. The maximum Gasteiger partial charge on any atom is 0.0502 e. The molecule has 116 valence electrons. The lowest BCUT2D eigenvalue weighted by molar-refractivity contribution is 0.0296. The second-order valence-electron chi connectivity index (χ2n) is 7.35. The highest BCUT2D eigenvalue weighted by Gasteiger charge is 2.44. The minimum absolute atomic E-state index is 0.208. The first-order valence-electron chi connectivity index (χ1n) is 8.66. The molecule has 0 spiro atoms. The third-order valence-electron chi connectivity index (χ3n) is 6.46. The monoisotopic (exact) mass is 317 g/mol. The summed E-state index contributed by atoms with van der Waals surface area (Å²) in [6.07, 6.45) is 12.2. The number of hydrogen-bond acceptors (Lipinski definition) is 1. The molecule has 3 saturated carbocycles. The maximum absolute atomic E-state index is 6.47. The number of hydrogen-bond donors (Lipinski definition) is 1. The summed E-state index contributed by atoms with van der Waals surface area (Å²) in [5, 5.41) is 4.01. The van der Waals surface area contributed by atoms with Gasteiger partial charge in [-0.2, -0.15) is 0 Å². The van der Waals surface area contributed by atoms with Gasteiger partial charge in [-0.3, -0.25) is 0 Å². The van der Waals surface area contributed by atoms with Gasteiger partial charge in [0.2, 0.25) is 0 Å². The van der Waals surface area contributed by atoms with Gasteiger partial charge in [0.25, 0.3) is 0 Å². The summed E-state index contributed by atoms with van der Waals surface area (Å²) in [6, 6.07) is 0.771. The van der Waals surface area contributed by atoms with Gasteiger partial charge in [-0.1, -0.05) is 12.8 Å². The number of fused-ring (bicyclic) bond motifs is 1. The van der Waals surface area contributed by atoms with Crippen molar-refractivity contribution in [2.24, 2.45) is 23.7 Å². The molecule has 0 bridgehead atoms. The Morgan fingerprint density at radius 2 is 1.50 bits per heavy atom.